The number of fused-ring (bicyclic) bond motifs is 1. The molecule has 1 N–H and O–H groups in total. The highest BCUT2D eigenvalue weighted by molar-refractivity contribution is 6.52. The molecule has 124 valence electrons. The Morgan fingerprint density at radius 3 is 2.54 bits per heavy atom. The van der Waals surface area contributed by atoms with E-state index >= 15 is 0 Å². The van der Waals surface area contributed by atoms with E-state index in [1.165, 1.54) is 0 Å². The third-order valence-electron chi connectivity index (χ3n) is 3.42. The lowest BCUT2D eigenvalue weighted by Crippen LogP contribution is -2.27. The number of halogens is 4. The van der Waals surface area contributed by atoms with E-state index in [9.17, 15) is 4.79 Å². The van der Waals surface area contributed by atoms with Gasteiger partial charge < -0.3 is 9.73 Å². The number of aromatic nitrogens is 1. The lowest BCUT2D eigenvalue weighted by atomic mass is 10.2. The highest BCUT2D eigenvalue weighted by atomic mass is 35.5. The number of pyridine rings is 1. The Morgan fingerprint density at radius 1 is 1.12 bits per heavy atom. The summed E-state index contributed by atoms with van der Waals surface area (Å²) in [5.74, 6) is 0.0697. The number of para-hydroxylation sites is 1. The predicted molar refractivity (Wildman–Crippen MR) is 96.4 cm³/mol. The van der Waals surface area contributed by atoms with Crippen LogP contribution in [0.15, 0.2) is 34.7 Å². The third-order valence-corrected chi connectivity index (χ3v) is 5.10. The summed E-state index contributed by atoms with van der Waals surface area (Å²) in [6, 6.07) is 9.01. The number of furan rings is 1. The second-order valence-electron chi connectivity index (χ2n) is 5.07. The van der Waals surface area contributed by atoms with E-state index in [0.29, 0.717) is 5.76 Å². The number of amides is 1. The smallest absolute Gasteiger partial charge is 0.272 e. The fourth-order valence-electron chi connectivity index (χ4n) is 2.19. The molecule has 0 spiro atoms. The van der Waals surface area contributed by atoms with E-state index in [-0.39, 0.29) is 25.9 Å². The van der Waals surface area contributed by atoms with Crippen molar-refractivity contribution in [2.45, 2.75) is 13.0 Å². The zero-order valence-corrected chi connectivity index (χ0v) is 15.3. The van der Waals surface area contributed by atoms with Crippen molar-refractivity contribution in [1.29, 1.82) is 0 Å². The number of nitrogens with zero attached hydrogens (tertiary/aromatic N) is 1. The summed E-state index contributed by atoms with van der Waals surface area (Å²) >= 11 is 23.7. The Balaban J connectivity index is 1.86. The lowest BCUT2D eigenvalue weighted by molar-refractivity contribution is 0.0931. The molecule has 1 amide bonds. The molecule has 8 heteroatoms. The predicted octanol–water partition coefficient (Wildman–Crippen LogP) is 5.93. The van der Waals surface area contributed by atoms with Crippen molar-refractivity contribution in [1.82, 2.24) is 10.3 Å². The molecule has 0 aliphatic rings. The van der Waals surface area contributed by atoms with Crippen molar-refractivity contribution in [3.05, 3.63) is 62.0 Å². The normalized spacial score (nSPS) is 12.4. The van der Waals surface area contributed by atoms with E-state index in [1.54, 1.807) is 6.92 Å². The van der Waals surface area contributed by atoms with Gasteiger partial charge in [0.25, 0.3) is 5.91 Å². The fourth-order valence-corrected chi connectivity index (χ4v) is 3.00. The molecule has 0 aliphatic carbocycles. The van der Waals surface area contributed by atoms with E-state index in [2.05, 4.69) is 10.3 Å². The van der Waals surface area contributed by atoms with Crippen LogP contribution in [0.3, 0.4) is 0 Å². The van der Waals surface area contributed by atoms with Crippen molar-refractivity contribution >= 4 is 63.3 Å². The lowest BCUT2D eigenvalue weighted by Gasteiger charge is -2.13. The molecule has 1 unspecified atom stereocenters. The minimum Gasteiger partial charge on any atom is -0.459 e. The first kappa shape index (κ1) is 17.4. The zero-order chi connectivity index (χ0) is 17.4. The van der Waals surface area contributed by atoms with Crippen LogP contribution in [0.25, 0.3) is 11.0 Å². The van der Waals surface area contributed by atoms with Crippen LogP contribution in [0, 0.1) is 0 Å². The summed E-state index contributed by atoms with van der Waals surface area (Å²) in [6.45, 7) is 1.78. The SMILES string of the molecule is CC(NC(=O)c1nc(Cl)c(Cl)c(Cl)c1Cl)c1cc2ccccc2o1. The molecule has 0 radical (unpaired) electrons. The van der Waals surface area contributed by atoms with Crippen LogP contribution in [0.5, 0.6) is 0 Å². The molecule has 3 aromatic rings. The molecular formula is C16H10Cl4N2O2. The van der Waals surface area contributed by atoms with Gasteiger partial charge >= 0.3 is 0 Å². The Labute approximate surface area is 157 Å². The topological polar surface area (TPSA) is 55.1 Å². The molecular weight excluding hydrogens is 394 g/mol. The number of rotatable bonds is 3. The molecule has 24 heavy (non-hydrogen) atoms. The summed E-state index contributed by atoms with van der Waals surface area (Å²) in [7, 11) is 0. The summed E-state index contributed by atoms with van der Waals surface area (Å²) in [6.07, 6.45) is 0. The Kier molecular flexibility index (Phi) is 4.92. The van der Waals surface area contributed by atoms with Gasteiger partial charge in [-0.15, -0.1) is 0 Å². The number of carbonyl (C=O) groups is 1. The first-order valence-corrected chi connectivity index (χ1v) is 8.39. The van der Waals surface area contributed by atoms with Gasteiger partial charge in [0.15, 0.2) is 0 Å². The third kappa shape index (κ3) is 3.20. The molecule has 3 rings (SSSR count). The average molecular weight is 404 g/mol. The fraction of sp³-hybridized carbons (Fsp3) is 0.125. The first-order valence-electron chi connectivity index (χ1n) is 6.87. The maximum atomic E-state index is 12.4. The molecule has 0 saturated carbocycles. The van der Waals surface area contributed by atoms with Gasteiger partial charge in [0.05, 0.1) is 21.1 Å². The van der Waals surface area contributed by atoms with Crippen LogP contribution in [-0.4, -0.2) is 10.9 Å². The maximum Gasteiger partial charge on any atom is 0.272 e. The van der Waals surface area contributed by atoms with Gasteiger partial charge in [-0.2, -0.15) is 0 Å². The number of benzene rings is 1. The van der Waals surface area contributed by atoms with Crippen LogP contribution in [0.4, 0.5) is 0 Å². The Hall–Kier alpha value is -1.46. The monoisotopic (exact) mass is 402 g/mol. The minimum atomic E-state index is -0.534. The summed E-state index contributed by atoms with van der Waals surface area (Å²) < 4.78 is 5.72. The summed E-state index contributed by atoms with van der Waals surface area (Å²) in [5.41, 5.74) is 0.640. The Bertz CT molecular complexity index is 906. The number of nitrogens with one attached hydrogen (secondary N) is 1. The zero-order valence-electron chi connectivity index (χ0n) is 12.2. The van der Waals surface area contributed by atoms with Crippen LogP contribution in [0.1, 0.15) is 29.2 Å². The summed E-state index contributed by atoms with van der Waals surface area (Å²) in [5, 5.41) is 3.54. The van der Waals surface area contributed by atoms with Crippen LogP contribution in [0.2, 0.25) is 20.2 Å². The molecule has 0 saturated heterocycles. The van der Waals surface area contributed by atoms with E-state index in [0.717, 1.165) is 11.0 Å². The molecule has 2 aromatic heterocycles. The molecule has 0 aliphatic heterocycles. The van der Waals surface area contributed by atoms with Crippen LogP contribution < -0.4 is 5.32 Å². The Morgan fingerprint density at radius 2 is 1.83 bits per heavy atom. The van der Waals surface area contributed by atoms with Gasteiger partial charge in [0.2, 0.25) is 0 Å². The van der Waals surface area contributed by atoms with Crippen LogP contribution >= 0.6 is 46.4 Å². The first-order chi connectivity index (χ1) is 11.4. The van der Waals surface area contributed by atoms with Crippen molar-refractivity contribution in [3.8, 4) is 0 Å². The standard InChI is InChI=1S/C16H10Cl4N2O2/c1-7(10-6-8-4-2-3-5-9(8)24-10)21-16(23)14-12(18)11(17)13(19)15(20)22-14/h2-7H,1H3,(H,21,23). The van der Waals surface area contributed by atoms with Gasteiger partial charge in [-0.25, -0.2) is 4.98 Å². The molecule has 1 atom stereocenters. The van der Waals surface area contributed by atoms with E-state index in [1.807, 2.05) is 30.3 Å². The van der Waals surface area contributed by atoms with Gasteiger partial charge in [-0.05, 0) is 19.1 Å². The number of carbonyl (C=O) groups excluding carboxylic acids is 1. The molecule has 2 heterocycles. The van der Waals surface area contributed by atoms with Gasteiger partial charge in [0.1, 0.15) is 22.2 Å². The minimum absolute atomic E-state index is 0.00483. The van der Waals surface area contributed by atoms with Gasteiger partial charge in [0, 0.05) is 5.39 Å². The highest BCUT2D eigenvalue weighted by Gasteiger charge is 2.22. The molecule has 1 aromatic carbocycles. The van der Waals surface area contributed by atoms with Crippen molar-refractivity contribution in [2.75, 3.05) is 0 Å². The highest BCUT2D eigenvalue weighted by Crippen LogP contribution is 2.36. The maximum absolute atomic E-state index is 12.4. The number of hydrogen-bond acceptors (Lipinski definition) is 3. The van der Waals surface area contributed by atoms with Crippen molar-refractivity contribution in [3.63, 3.8) is 0 Å². The van der Waals surface area contributed by atoms with E-state index in [4.69, 9.17) is 50.8 Å². The van der Waals surface area contributed by atoms with Crippen molar-refractivity contribution in [2.24, 2.45) is 0 Å². The van der Waals surface area contributed by atoms with Crippen molar-refractivity contribution < 1.29 is 9.21 Å². The average Bonchev–Trinajstić information content (AvgIpc) is 3.00. The molecule has 0 bridgehead atoms. The summed E-state index contributed by atoms with van der Waals surface area (Å²) in [4.78, 5) is 16.3. The quantitative estimate of drug-likeness (QED) is 0.551. The second kappa shape index (κ2) is 6.81. The second-order valence-corrected chi connectivity index (χ2v) is 6.57. The number of hydrogen-bond donors (Lipinski definition) is 1. The van der Waals surface area contributed by atoms with Crippen LogP contribution in [-0.2, 0) is 0 Å². The molecule has 4 nitrogen and oxygen atoms in total. The van der Waals surface area contributed by atoms with E-state index < -0.39 is 11.9 Å². The largest absolute Gasteiger partial charge is 0.459 e. The van der Waals surface area contributed by atoms with Gasteiger partial charge in [-0.1, -0.05) is 64.6 Å². The van der Waals surface area contributed by atoms with Gasteiger partial charge in [-0.3, -0.25) is 4.79 Å². The molecule has 0 fully saturated rings.